The molecule has 6 rings (SSSR count). The van der Waals surface area contributed by atoms with Crippen LogP contribution >= 0.6 is 0 Å². The van der Waals surface area contributed by atoms with Gasteiger partial charge >= 0.3 is 16.6 Å². The van der Waals surface area contributed by atoms with E-state index in [1.54, 1.807) is 30.3 Å². The van der Waals surface area contributed by atoms with Gasteiger partial charge in [0.2, 0.25) is 0 Å². The number of phenolic OH excluding ortho intramolecular Hbond substituents is 4. The fourth-order valence-corrected chi connectivity index (χ4v) is 5.68. The van der Waals surface area contributed by atoms with Crippen LogP contribution in [0.1, 0.15) is 10.4 Å². The number of aromatic carboxylic acids is 1. The SMILES string of the molecule is O=COc1ccc(N=Nc2ccc3cc(Nc4ccc5c(O)c(N=Nc6ccc(C(=O)O)cc6O)c(S(=O)(=O)O)cc5c4)ccc3c2O)c(O)c1.O=S(=O)=O.[Cu].[Cu]. The van der Waals surface area contributed by atoms with Crippen LogP contribution in [0.5, 0.6) is 28.7 Å². The fourth-order valence-electron chi connectivity index (χ4n) is 5.02. The van der Waals surface area contributed by atoms with Gasteiger partial charge in [0.25, 0.3) is 16.6 Å². The first-order valence-corrected chi connectivity index (χ1v) is 17.4. The number of aromatic hydroxyl groups is 4. The molecule has 6 aromatic rings. The van der Waals surface area contributed by atoms with Gasteiger partial charge in [0.05, 0.1) is 5.56 Å². The zero-order valence-corrected chi connectivity index (χ0v) is 31.4. The van der Waals surface area contributed by atoms with Gasteiger partial charge in [-0.2, -0.15) is 8.42 Å². The summed E-state index contributed by atoms with van der Waals surface area (Å²) in [7, 11) is -8.06. The van der Waals surface area contributed by atoms with E-state index >= 15 is 0 Å². The maximum atomic E-state index is 12.3. The molecule has 0 bridgehead atoms. The number of azo groups is 2. The monoisotopic (exact) mass is 915 g/mol. The Morgan fingerprint density at radius 1 is 0.667 bits per heavy atom. The molecule has 57 heavy (non-hydrogen) atoms. The summed E-state index contributed by atoms with van der Waals surface area (Å²) in [6.45, 7) is 0.218. The number of nitrogens with one attached hydrogen (secondary N) is 1. The predicted octanol–water partition coefficient (Wildman–Crippen LogP) is 6.86. The molecule has 0 amide bonds. The van der Waals surface area contributed by atoms with Crippen molar-refractivity contribution in [1.29, 1.82) is 0 Å². The number of nitrogens with zero attached hydrogens (tertiary/aromatic N) is 4. The first kappa shape index (κ1) is 44.9. The molecule has 0 atom stereocenters. The molecule has 0 aliphatic rings. The van der Waals surface area contributed by atoms with Crippen LogP contribution < -0.4 is 10.1 Å². The summed E-state index contributed by atoms with van der Waals surface area (Å²) in [6, 6.07) is 21.0. The number of carbonyl (C=O) groups is 2. The topological polar surface area (TPSA) is 312 Å². The molecule has 23 heteroatoms. The number of fused-ring (bicyclic) bond motifs is 2. The number of hydrogen-bond donors (Lipinski definition) is 7. The second-order valence-corrected chi connectivity index (χ2v) is 12.8. The van der Waals surface area contributed by atoms with Crippen molar-refractivity contribution in [2.45, 2.75) is 4.90 Å². The predicted molar refractivity (Wildman–Crippen MR) is 192 cm³/mol. The number of carboxylic acid groups (broad SMARTS) is 1. The third-order valence-electron chi connectivity index (χ3n) is 7.46. The van der Waals surface area contributed by atoms with Crippen molar-refractivity contribution in [2.24, 2.45) is 20.5 Å². The summed E-state index contributed by atoms with van der Waals surface area (Å²) in [5.41, 5.74) is 0.153. The number of phenols is 4. The van der Waals surface area contributed by atoms with Crippen LogP contribution in [-0.2, 0) is 59.7 Å². The smallest absolute Gasteiger partial charge is 0.425 e. The molecule has 0 fully saturated rings. The van der Waals surface area contributed by atoms with E-state index in [1.165, 1.54) is 36.4 Å². The second-order valence-electron chi connectivity index (χ2n) is 11.0. The summed E-state index contributed by atoms with van der Waals surface area (Å²) in [4.78, 5) is 20.8. The number of carboxylic acids is 1. The molecule has 2 radical (unpaired) electrons. The van der Waals surface area contributed by atoms with Gasteiger partial charge in [-0.25, -0.2) is 4.79 Å². The summed E-state index contributed by atoms with van der Waals surface area (Å²) in [6.07, 6.45) is 0. The number of carbonyl (C=O) groups excluding carboxylic acids is 1. The first-order valence-electron chi connectivity index (χ1n) is 15.0. The molecule has 0 saturated carbocycles. The third kappa shape index (κ3) is 10.9. The maximum Gasteiger partial charge on any atom is 0.425 e. The minimum atomic E-state index is -4.95. The fraction of sp³-hybridized carbons (Fsp3) is 0. The van der Waals surface area contributed by atoms with E-state index in [0.29, 0.717) is 22.1 Å². The Bertz CT molecular complexity index is 2820. The Labute approximate surface area is 342 Å². The van der Waals surface area contributed by atoms with Gasteiger partial charge < -0.3 is 35.6 Å². The quantitative estimate of drug-likeness (QED) is 0.0319. The number of ether oxygens (including phenoxy) is 1. The molecular weight excluding hydrogens is 894 g/mol. The zero-order chi connectivity index (χ0) is 40.0. The van der Waals surface area contributed by atoms with Gasteiger partial charge in [0.1, 0.15) is 44.9 Å². The molecule has 6 aromatic carbocycles. The molecule has 0 heterocycles. The number of benzene rings is 6. The summed E-state index contributed by atoms with van der Waals surface area (Å²) in [5, 5.41) is 71.2. The van der Waals surface area contributed by atoms with Crippen LogP contribution in [0.3, 0.4) is 0 Å². The Kier molecular flexibility index (Phi) is 14.9. The van der Waals surface area contributed by atoms with Gasteiger partial charge in [-0.15, -0.1) is 33.1 Å². The Hall–Kier alpha value is -6.45. The molecule has 0 unspecified atom stereocenters. The molecule has 0 spiro atoms. The van der Waals surface area contributed by atoms with E-state index in [4.69, 9.17) is 17.7 Å². The Morgan fingerprint density at radius 3 is 1.75 bits per heavy atom. The van der Waals surface area contributed by atoms with Crippen molar-refractivity contribution < 1.29 is 99.6 Å². The summed E-state index contributed by atoms with van der Waals surface area (Å²) >= 11 is 0. The minimum Gasteiger partial charge on any atom is -0.506 e. The van der Waals surface area contributed by atoms with Crippen molar-refractivity contribution >= 4 is 88.8 Å². The molecule has 302 valence electrons. The van der Waals surface area contributed by atoms with Crippen LogP contribution in [-0.4, -0.2) is 63.6 Å². The van der Waals surface area contributed by atoms with Crippen molar-refractivity contribution in [1.82, 2.24) is 0 Å². The van der Waals surface area contributed by atoms with E-state index in [0.717, 1.165) is 24.3 Å². The van der Waals surface area contributed by atoms with Gasteiger partial charge in [-0.3, -0.25) is 9.35 Å². The molecule has 7 N–H and O–H groups in total. The maximum absolute atomic E-state index is 12.3. The molecule has 0 saturated heterocycles. The van der Waals surface area contributed by atoms with Gasteiger partial charge in [-0.05, 0) is 89.6 Å². The average Bonchev–Trinajstić information content (AvgIpc) is 3.11. The van der Waals surface area contributed by atoms with Crippen molar-refractivity contribution in [2.75, 3.05) is 5.32 Å². The van der Waals surface area contributed by atoms with Crippen molar-refractivity contribution in [3.05, 3.63) is 96.6 Å². The van der Waals surface area contributed by atoms with E-state index in [1.807, 2.05) is 0 Å². The normalized spacial score (nSPS) is 11.0. The standard InChI is InChI=1S/C34H23N5O11S.2Cu.O3S/c40-16-50-22-5-10-26(29(42)15-22)36-38-27-9-1-17-11-20(3-6-23(17)32(27)43)35-21-4-7-24-19(12-21)14-30(51(47,48)49)31(33(24)44)39-37-25-8-2-18(34(45)46)13-28(25)41;;;1-4(2)3/h1-16,35,41-44H,(H,45,46)(H,47,48,49);;;. The second kappa shape index (κ2) is 18.9. The largest absolute Gasteiger partial charge is 0.506 e. The Morgan fingerprint density at radius 2 is 1.19 bits per heavy atom. The van der Waals surface area contributed by atoms with E-state index < -0.39 is 48.8 Å². The number of anilines is 2. The first-order chi connectivity index (χ1) is 26.0. The minimum absolute atomic E-state index is 0. The van der Waals surface area contributed by atoms with Crippen molar-refractivity contribution in [3.8, 4) is 28.7 Å². The Balaban J connectivity index is 0.00000139. The van der Waals surface area contributed by atoms with Crippen LogP contribution in [0.15, 0.2) is 116 Å². The van der Waals surface area contributed by atoms with Crippen molar-refractivity contribution in [3.63, 3.8) is 0 Å². The molecular formula is C34H23Cu2N5O14S2. The van der Waals surface area contributed by atoms with Gasteiger partial charge in [-0.1, -0.05) is 6.07 Å². The van der Waals surface area contributed by atoms with Crippen LogP contribution in [0, 0.1) is 0 Å². The third-order valence-corrected chi connectivity index (χ3v) is 8.33. The molecule has 0 aliphatic heterocycles. The van der Waals surface area contributed by atoms with Gasteiger partial charge in [0.15, 0.2) is 11.5 Å². The van der Waals surface area contributed by atoms with E-state index in [2.05, 4.69) is 30.5 Å². The zero-order valence-electron chi connectivity index (χ0n) is 27.9. The molecule has 0 aromatic heterocycles. The van der Waals surface area contributed by atoms with Crippen LogP contribution in [0.4, 0.5) is 34.1 Å². The summed E-state index contributed by atoms with van der Waals surface area (Å²) in [5.74, 6) is -2.85. The van der Waals surface area contributed by atoms with Crippen LogP contribution in [0.25, 0.3) is 21.5 Å². The summed E-state index contributed by atoms with van der Waals surface area (Å²) < 4.78 is 64.6. The molecule has 19 nitrogen and oxygen atoms in total. The molecule has 0 aliphatic carbocycles. The number of hydrogen-bond acceptors (Lipinski definition) is 17. The van der Waals surface area contributed by atoms with E-state index in [-0.39, 0.29) is 91.3 Å². The van der Waals surface area contributed by atoms with E-state index in [9.17, 15) is 43.0 Å². The van der Waals surface area contributed by atoms with Crippen LogP contribution in [0.2, 0.25) is 0 Å². The number of rotatable bonds is 10. The van der Waals surface area contributed by atoms with Gasteiger partial charge in [0, 0.05) is 62.4 Å². The average molecular weight is 917 g/mol.